The maximum atomic E-state index is 5.93. The van der Waals surface area contributed by atoms with Gasteiger partial charge in [-0.1, -0.05) is 41.9 Å². The van der Waals surface area contributed by atoms with Crippen molar-refractivity contribution in [3.8, 4) is 0 Å². The fourth-order valence-electron chi connectivity index (χ4n) is 1.66. The minimum Gasteiger partial charge on any atom is -0.311 e. The van der Waals surface area contributed by atoms with Crippen LogP contribution in [0.2, 0.25) is 5.02 Å². The van der Waals surface area contributed by atoms with Gasteiger partial charge in [-0.05, 0) is 12.5 Å². The number of aromatic nitrogens is 2. The average molecular weight is 250 g/mol. The zero-order valence-corrected chi connectivity index (χ0v) is 10.6. The third-order valence-electron chi connectivity index (χ3n) is 2.72. The average Bonchev–Trinajstić information content (AvgIpc) is 2.67. The van der Waals surface area contributed by atoms with E-state index in [9.17, 15) is 0 Å². The number of halogens is 1. The zero-order chi connectivity index (χ0) is 12.1. The highest BCUT2D eigenvalue weighted by atomic mass is 35.5. The summed E-state index contributed by atoms with van der Waals surface area (Å²) in [5.41, 5.74) is 2.32. The fourth-order valence-corrected chi connectivity index (χ4v) is 1.80. The second-order valence-electron chi connectivity index (χ2n) is 3.96. The van der Waals surface area contributed by atoms with Crippen LogP contribution < -0.4 is 5.32 Å². The molecule has 0 amide bonds. The molecule has 0 unspecified atom stereocenters. The van der Waals surface area contributed by atoms with Crippen molar-refractivity contribution in [1.82, 2.24) is 15.1 Å². The SMILES string of the molecule is Cc1c(Cl)cnn1CCNCc1ccccc1. The molecule has 4 heteroatoms. The van der Waals surface area contributed by atoms with Gasteiger partial charge in [-0.25, -0.2) is 0 Å². The Labute approximate surface area is 106 Å². The Bertz CT molecular complexity index is 465. The van der Waals surface area contributed by atoms with Crippen LogP contribution in [-0.2, 0) is 13.1 Å². The molecule has 0 bridgehead atoms. The summed E-state index contributed by atoms with van der Waals surface area (Å²) in [6, 6.07) is 10.4. The maximum absolute atomic E-state index is 5.93. The van der Waals surface area contributed by atoms with Crippen molar-refractivity contribution in [3.05, 3.63) is 52.8 Å². The molecule has 0 atom stereocenters. The van der Waals surface area contributed by atoms with Gasteiger partial charge in [0, 0.05) is 13.1 Å². The second kappa shape index (κ2) is 5.84. The molecule has 0 aliphatic heterocycles. The van der Waals surface area contributed by atoms with E-state index in [1.54, 1.807) is 6.20 Å². The van der Waals surface area contributed by atoms with E-state index in [0.29, 0.717) is 0 Å². The number of hydrogen-bond acceptors (Lipinski definition) is 2. The molecule has 1 aromatic carbocycles. The van der Waals surface area contributed by atoms with Crippen molar-refractivity contribution in [2.45, 2.75) is 20.0 Å². The molecule has 0 aliphatic carbocycles. The van der Waals surface area contributed by atoms with Crippen LogP contribution in [0, 0.1) is 6.92 Å². The summed E-state index contributed by atoms with van der Waals surface area (Å²) in [5, 5.41) is 8.32. The van der Waals surface area contributed by atoms with E-state index in [0.717, 1.165) is 30.4 Å². The van der Waals surface area contributed by atoms with E-state index in [-0.39, 0.29) is 0 Å². The molecule has 0 fully saturated rings. The Morgan fingerprint density at radius 3 is 2.71 bits per heavy atom. The second-order valence-corrected chi connectivity index (χ2v) is 4.37. The van der Waals surface area contributed by atoms with Crippen LogP contribution in [0.1, 0.15) is 11.3 Å². The highest BCUT2D eigenvalue weighted by Crippen LogP contribution is 2.12. The van der Waals surface area contributed by atoms with Crippen LogP contribution in [0.25, 0.3) is 0 Å². The van der Waals surface area contributed by atoms with Gasteiger partial charge in [0.05, 0.1) is 23.5 Å². The molecule has 1 heterocycles. The van der Waals surface area contributed by atoms with E-state index in [2.05, 4.69) is 34.7 Å². The van der Waals surface area contributed by atoms with Gasteiger partial charge in [0.2, 0.25) is 0 Å². The molecule has 1 N–H and O–H groups in total. The van der Waals surface area contributed by atoms with Crippen molar-refractivity contribution in [2.75, 3.05) is 6.54 Å². The summed E-state index contributed by atoms with van der Waals surface area (Å²) in [7, 11) is 0. The topological polar surface area (TPSA) is 29.9 Å². The lowest BCUT2D eigenvalue weighted by Gasteiger charge is -2.06. The third-order valence-corrected chi connectivity index (χ3v) is 3.09. The Morgan fingerprint density at radius 2 is 2.06 bits per heavy atom. The van der Waals surface area contributed by atoms with Gasteiger partial charge >= 0.3 is 0 Å². The lowest BCUT2D eigenvalue weighted by Crippen LogP contribution is -2.20. The molecular formula is C13H16ClN3. The van der Waals surface area contributed by atoms with Crippen LogP contribution in [0.4, 0.5) is 0 Å². The Balaban J connectivity index is 1.75. The van der Waals surface area contributed by atoms with Gasteiger partial charge < -0.3 is 5.32 Å². The summed E-state index contributed by atoms with van der Waals surface area (Å²) < 4.78 is 1.92. The molecule has 0 aliphatic rings. The molecule has 2 rings (SSSR count). The molecule has 17 heavy (non-hydrogen) atoms. The van der Waals surface area contributed by atoms with E-state index in [1.807, 2.05) is 17.7 Å². The van der Waals surface area contributed by atoms with Crippen LogP contribution in [0.5, 0.6) is 0 Å². The predicted octanol–water partition coefficient (Wildman–Crippen LogP) is 2.63. The Hall–Kier alpha value is -1.32. The smallest absolute Gasteiger partial charge is 0.0814 e. The van der Waals surface area contributed by atoms with Crippen molar-refractivity contribution < 1.29 is 0 Å². The van der Waals surface area contributed by atoms with Gasteiger partial charge in [-0.3, -0.25) is 4.68 Å². The molecule has 0 saturated heterocycles. The standard InChI is InChI=1S/C13H16ClN3/c1-11-13(14)10-16-17(11)8-7-15-9-12-5-3-2-4-6-12/h2-6,10,15H,7-9H2,1H3. The fraction of sp³-hybridized carbons (Fsp3) is 0.308. The van der Waals surface area contributed by atoms with E-state index >= 15 is 0 Å². The molecule has 3 nitrogen and oxygen atoms in total. The van der Waals surface area contributed by atoms with Gasteiger partial charge in [0.1, 0.15) is 0 Å². The summed E-state index contributed by atoms with van der Waals surface area (Å²) in [6.07, 6.45) is 1.69. The molecule has 2 aromatic rings. The Morgan fingerprint density at radius 1 is 1.29 bits per heavy atom. The summed E-state index contributed by atoms with van der Waals surface area (Å²) in [6.45, 7) is 4.58. The monoisotopic (exact) mass is 249 g/mol. The molecule has 0 saturated carbocycles. The van der Waals surface area contributed by atoms with E-state index in [1.165, 1.54) is 5.56 Å². The minimum atomic E-state index is 0.730. The maximum Gasteiger partial charge on any atom is 0.0814 e. The predicted molar refractivity (Wildman–Crippen MR) is 70.1 cm³/mol. The minimum absolute atomic E-state index is 0.730. The number of benzene rings is 1. The molecule has 0 radical (unpaired) electrons. The molecule has 1 aromatic heterocycles. The summed E-state index contributed by atoms with van der Waals surface area (Å²) >= 11 is 5.93. The number of hydrogen-bond donors (Lipinski definition) is 1. The van der Waals surface area contributed by atoms with E-state index in [4.69, 9.17) is 11.6 Å². The first kappa shape index (κ1) is 12.1. The highest BCUT2D eigenvalue weighted by Gasteiger charge is 2.02. The normalized spacial score (nSPS) is 10.7. The van der Waals surface area contributed by atoms with Crippen LogP contribution >= 0.6 is 11.6 Å². The van der Waals surface area contributed by atoms with Crippen molar-refractivity contribution >= 4 is 11.6 Å². The first-order chi connectivity index (χ1) is 8.27. The Kier molecular flexibility index (Phi) is 4.18. The van der Waals surface area contributed by atoms with Crippen LogP contribution in [0.15, 0.2) is 36.5 Å². The molecule has 0 spiro atoms. The third kappa shape index (κ3) is 3.32. The quantitative estimate of drug-likeness (QED) is 0.826. The van der Waals surface area contributed by atoms with Crippen molar-refractivity contribution in [2.24, 2.45) is 0 Å². The lowest BCUT2D eigenvalue weighted by atomic mass is 10.2. The summed E-state index contributed by atoms with van der Waals surface area (Å²) in [5.74, 6) is 0. The van der Waals surface area contributed by atoms with Gasteiger partial charge in [-0.15, -0.1) is 0 Å². The molecule has 90 valence electrons. The lowest BCUT2D eigenvalue weighted by molar-refractivity contribution is 0.545. The number of rotatable bonds is 5. The van der Waals surface area contributed by atoms with Crippen molar-refractivity contribution in [3.63, 3.8) is 0 Å². The first-order valence-corrected chi connectivity index (χ1v) is 6.07. The number of nitrogens with one attached hydrogen (secondary N) is 1. The van der Waals surface area contributed by atoms with Crippen LogP contribution in [-0.4, -0.2) is 16.3 Å². The van der Waals surface area contributed by atoms with Gasteiger partial charge in [0.15, 0.2) is 0 Å². The first-order valence-electron chi connectivity index (χ1n) is 5.70. The van der Waals surface area contributed by atoms with Crippen molar-refractivity contribution in [1.29, 1.82) is 0 Å². The van der Waals surface area contributed by atoms with Gasteiger partial charge in [-0.2, -0.15) is 5.10 Å². The van der Waals surface area contributed by atoms with Gasteiger partial charge in [0.25, 0.3) is 0 Å². The van der Waals surface area contributed by atoms with Crippen LogP contribution in [0.3, 0.4) is 0 Å². The van der Waals surface area contributed by atoms with E-state index < -0.39 is 0 Å². The number of nitrogens with zero attached hydrogens (tertiary/aromatic N) is 2. The summed E-state index contributed by atoms with van der Waals surface area (Å²) in [4.78, 5) is 0. The molecular weight excluding hydrogens is 234 g/mol. The largest absolute Gasteiger partial charge is 0.311 e. The highest BCUT2D eigenvalue weighted by molar-refractivity contribution is 6.31. The zero-order valence-electron chi connectivity index (χ0n) is 9.86.